The fraction of sp³-hybridized carbons (Fsp3) is 0.412. The molecule has 0 spiro atoms. The summed E-state index contributed by atoms with van der Waals surface area (Å²) in [7, 11) is 1.79. The lowest BCUT2D eigenvalue weighted by molar-refractivity contribution is 0.439. The van der Waals surface area contributed by atoms with Gasteiger partial charge in [0.25, 0.3) is 0 Å². The van der Waals surface area contributed by atoms with Gasteiger partial charge in [0.05, 0.1) is 0 Å². The van der Waals surface area contributed by atoms with Crippen molar-refractivity contribution >= 4 is 5.95 Å². The maximum absolute atomic E-state index is 5.99. The Morgan fingerprint density at radius 2 is 1.95 bits per heavy atom. The molecule has 2 rings (SSSR count). The molecule has 0 bridgehead atoms. The molecule has 0 atom stereocenters. The Balaban J connectivity index is 2.39. The summed E-state index contributed by atoms with van der Waals surface area (Å²) < 4.78 is 5.99. The largest absolute Gasteiger partial charge is 0.439 e. The number of hydrogen-bond acceptors (Lipinski definition) is 4. The molecular formula is C17H23N3O. The van der Waals surface area contributed by atoms with Crippen molar-refractivity contribution in [2.45, 2.75) is 39.5 Å². The zero-order chi connectivity index (χ0) is 15.5. The van der Waals surface area contributed by atoms with E-state index in [1.807, 2.05) is 6.07 Å². The molecule has 112 valence electrons. The van der Waals surface area contributed by atoms with E-state index in [4.69, 9.17) is 4.74 Å². The fourth-order valence-electron chi connectivity index (χ4n) is 2.10. The second kappa shape index (κ2) is 6.12. The summed E-state index contributed by atoms with van der Waals surface area (Å²) in [4.78, 5) is 8.40. The minimum Gasteiger partial charge on any atom is -0.439 e. The average molecular weight is 285 g/mol. The number of ether oxygens (including phenoxy) is 1. The summed E-state index contributed by atoms with van der Waals surface area (Å²) in [5.41, 5.74) is 2.51. The van der Waals surface area contributed by atoms with Crippen LogP contribution in [0.2, 0.25) is 0 Å². The number of anilines is 1. The van der Waals surface area contributed by atoms with Crippen LogP contribution in [0.4, 0.5) is 5.95 Å². The van der Waals surface area contributed by atoms with Crippen LogP contribution in [0.3, 0.4) is 0 Å². The van der Waals surface area contributed by atoms with Gasteiger partial charge in [0.2, 0.25) is 11.8 Å². The van der Waals surface area contributed by atoms with Crippen LogP contribution < -0.4 is 10.1 Å². The van der Waals surface area contributed by atoms with E-state index in [0.29, 0.717) is 11.8 Å². The van der Waals surface area contributed by atoms with Crippen LogP contribution >= 0.6 is 0 Å². The van der Waals surface area contributed by atoms with E-state index >= 15 is 0 Å². The molecule has 1 N–H and O–H groups in total. The van der Waals surface area contributed by atoms with Crippen molar-refractivity contribution in [3.05, 3.63) is 41.6 Å². The highest BCUT2D eigenvalue weighted by atomic mass is 16.5. The first kappa shape index (κ1) is 15.3. The molecule has 0 amide bonds. The first-order valence-electron chi connectivity index (χ1n) is 7.26. The molecule has 2 aromatic rings. The number of aromatic nitrogens is 2. The Labute approximate surface area is 126 Å². The lowest BCUT2D eigenvalue weighted by Crippen LogP contribution is -2.13. The summed E-state index contributed by atoms with van der Waals surface area (Å²) in [5.74, 6) is 1.94. The standard InChI is InChI=1S/C17H23N3O/c1-6-12-7-8-14(13(11-12)17(2,3)4)21-15-9-10-19-16(18-5)20-15/h7-11H,6H2,1-5H3,(H,18,19,20). The van der Waals surface area contributed by atoms with Crippen molar-refractivity contribution < 1.29 is 4.74 Å². The third-order valence-electron chi connectivity index (χ3n) is 3.33. The van der Waals surface area contributed by atoms with Gasteiger partial charge in [-0.15, -0.1) is 0 Å². The summed E-state index contributed by atoms with van der Waals surface area (Å²) in [6, 6.07) is 8.11. The number of nitrogens with one attached hydrogen (secondary N) is 1. The third kappa shape index (κ3) is 3.72. The van der Waals surface area contributed by atoms with Crippen LogP contribution in [-0.4, -0.2) is 17.0 Å². The second-order valence-corrected chi connectivity index (χ2v) is 6.00. The van der Waals surface area contributed by atoms with Gasteiger partial charge in [0.15, 0.2) is 0 Å². The maximum atomic E-state index is 5.99. The van der Waals surface area contributed by atoms with E-state index in [1.54, 1.807) is 19.3 Å². The van der Waals surface area contributed by atoms with Gasteiger partial charge >= 0.3 is 0 Å². The number of benzene rings is 1. The first-order valence-corrected chi connectivity index (χ1v) is 7.26. The minimum atomic E-state index is 0.0133. The van der Waals surface area contributed by atoms with E-state index in [-0.39, 0.29) is 5.41 Å². The zero-order valence-electron chi connectivity index (χ0n) is 13.4. The molecule has 0 aliphatic carbocycles. The molecule has 0 saturated carbocycles. The normalized spacial score (nSPS) is 11.3. The molecule has 1 heterocycles. The smallest absolute Gasteiger partial charge is 0.225 e. The minimum absolute atomic E-state index is 0.0133. The topological polar surface area (TPSA) is 47.0 Å². The van der Waals surface area contributed by atoms with Crippen molar-refractivity contribution in [3.63, 3.8) is 0 Å². The Hall–Kier alpha value is -2.10. The molecule has 4 nitrogen and oxygen atoms in total. The van der Waals surface area contributed by atoms with Gasteiger partial charge < -0.3 is 10.1 Å². The third-order valence-corrected chi connectivity index (χ3v) is 3.33. The van der Waals surface area contributed by atoms with Gasteiger partial charge in [-0.05, 0) is 23.5 Å². The highest BCUT2D eigenvalue weighted by Gasteiger charge is 2.20. The molecule has 0 fully saturated rings. The van der Waals surface area contributed by atoms with Crippen LogP contribution in [0.15, 0.2) is 30.5 Å². The lowest BCUT2D eigenvalue weighted by Gasteiger charge is -2.23. The monoisotopic (exact) mass is 285 g/mol. The molecule has 4 heteroatoms. The van der Waals surface area contributed by atoms with Crippen LogP contribution in [0.1, 0.15) is 38.8 Å². The summed E-state index contributed by atoms with van der Waals surface area (Å²) in [6.07, 6.45) is 2.70. The molecule has 0 unspecified atom stereocenters. The van der Waals surface area contributed by atoms with E-state index in [1.165, 1.54) is 11.1 Å². The SMILES string of the molecule is CCc1ccc(Oc2ccnc(NC)n2)c(C(C)(C)C)c1. The molecule has 1 aromatic heterocycles. The lowest BCUT2D eigenvalue weighted by atomic mass is 9.85. The number of hydrogen-bond donors (Lipinski definition) is 1. The van der Waals surface area contributed by atoms with Crippen molar-refractivity contribution in [2.75, 3.05) is 12.4 Å². The Kier molecular flexibility index (Phi) is 4.46. The van der Waals surface area contributed by atoms with Crippen LogP contribution in [0.25, 0.3) is 0 Å². The summed E-state index contributed by atoms with van der Waals surface area (Å²) >= 11 is 0. The predicted octanol–water partition coefficient (Wildman–Crippen LogP) is 4.17. The van der Waals surface area contributed by atoms with Gasteiger partial charge in [0, 0.05) is 24.9 Å². The number of rotatable bonds is 4. The molecule has 1 aromatic carbocycles. The average Bonchev–Trinajstić information content (AvgIpc) is 2.46. The van der Waals surface area contributed by atoms with Crippen LogP contribution in [0.5, 0.6) is 11.6 Å². The van der Waals surface area contributed by atoms with E-state index in [2.05, 4.69) is 55.1 Å². The van der Waals surface area contributed by atoms with Gasteiger partial charge in [-0.2, -0.15) is 4.98 Å². The second-order valence-electron chi connectivity index (χ2n) is 6.00. The molecule has 21 heavy (non-hydrogen) atoms. The van der Waals surface area contributed by atoms with Crippen molar-refractivity contribution in [1.29, 1.82) is 0 Å². The van der Waals surface area contributed by atoms with Gasteiger partial charge in [-0.3, -0.25) is 0 Å². The Morgan fingerprint density at radius 3 is 2.57 bits per heavy atom. The van der Waals surface area contributed by atoms with Crippen molar-refractivity contribution in [1.82, 2.24) is 9.97 Å². The van der Waals surface area contributed by atoms with Crippen LogP contribution in [0, 0.1) is 0 Å². The highest BCUT2D eigenvalue weighted by Crippen LogP contribution is 2.34. The quantitative estimate of drug-likeness (QED) is 0.915. The Morgan fingerprint density at radius 1 is 1.19 bits per heavy atom. The molecule has 0 radical (unpaired) electrons. The van der Waals surface area contributed by atoms with E-state index in [0.717, 1.165) is 12.2 Å². The number of aryl methyl sites for hydroxylation is 1. The predicted molar refractivity (Wildman–Crippen MR) is 86.2 cm³/mol. The zero-order valence-corrected chi connectivity index (χ0v) is 13.4. The van der Waals surface area contributed by atoms with E-state index < -0.39 is 0 Å². The molecular weight excluding hydrogens is 262 g/mol. The van der Waals surface area contributed by atoms with Gasteiger partial charge in [0.1, 0.15) is 5.75 Å². The van der Waals surface area contributed by atoms with Crippen LogP contribution in [-0.2, 0) is 11.8 Å². The van der Waals surface area contributed by atoms with Crippen molar-refractivity contribution in [3.8, 4) is 11.6 Å². The number of nitrogens with zero attached hydrogens (tertiary/aromatic N) is 2. The molecule has 0 saturated heterocycles. The van der Waals surface area contributed by atoms with Gasteiger partial charge in [-0.1, -0.05) is 39.8 Å². The molecule has 0 aliphatic heterocycles. The summed E-state index contributed by atoms with van der Waals surface area (Å²) in [6.45, 7) is 8.72. The summed E-state index contributed by atoms with van der Waals surface area (Å²) in [5, 5.41) is 2.91. The Bertz CT molecular complexity index is 618. The van der Waals surface area contributed by atoms with E-state index in [9.17, 15) is 0 Å². The van der Waals surface area contributed by atoms with Crippen molar-refractivity contribution in [2.24, 2.45) is 0 Å². The van der Waals surface area contributed by atoms with Gasteiger partial charge in [-0.25, -0.2) is 4.98 Å². The maximum Gasteiger partial charge on any atom is 0.225 e. The highest BCUT2D eigenvalue weighted by molar-refractivity contribution is 5.43. The first-order chi connectivity index (χ1) is 9.94. The fourth-order valence-corrected chi connectivity index (χ4v) is 2.10. The molecule has 0 aliphatic rings.